The van der Waals surface area contributed by atoms with Gasteiger partial charge >= 0.3 is 0 Å². The highest BCUT2D eigenvalue weighted by Gasteiger charge is 2.06. The first-order valence-corrected chi connectivity index (χ1v) is 5.26. The third-order valence-electron chi connectivity index (χ3n) is 1.85. The van der Waals surface area contributed by atoms with Gasteiger partial charge in [-0.2, -0.15) is 0 Å². The minimum Gasteiger partial charge on any atom is -0.398 e. The highest BCUT2D eigenvalue weighted by atomic mass is 79.9. The van der Waals surface area contributed by atoms with Crippen molar-refractivity contribution in [2.24, 2.45) is 0 Å². The van der Waals surface area contributed by atoms with Gasteiger partial charge in [-0.1, -0.05) is 0 Å². The number of amides is 1. The molecule has 4 nitrogen and oxygen atoms in total. The van der Waals surface area contributed by atoms with E-state index < -0.39 is 0 Å². The fourth-order valence-corrected chi connectivity index (χ4v) is 1.42. The number of halogens is 1. The quantitative estimate of drug-likeness (QED) is 0.644. The molecule has 1 aromatic rings. The largest absolute Gasteiger partial charge is 0.398 e. The van der Waals surface area contributed by atoms with Crippen LogP contribution in [-0.4, -0.2) is 26.2 Å². The predicted octanol–water partition coefficient (Wildman–Crippen LogP) is 1.41. The van der Waals surface area contributed by atoms with Gasteiger partial charge in [0.05, 0.1) is 6.61 Å². The van der Waals surface area contributed by atoms with Crippen molar-refractivity contribution in [2.75, 3.05) is 26.0 Å². The molecule has 0 aromatic heterocycles. The molecule has 0 heterocycles. The Balaban J connectivity index is 2.62. The van der Waals surface area contributed by atoms with E-state index in [4.69, 9.17) is 10.5 Å². The molecule has 0 atom stereocenters. The highest BCUT2D eigenvalue weighted by molar-refractivity contribution is 9.10. The van der Waals surface area contributed by atoms with Crippen molar-refractivity contribution in [1.82, 2.24) is 5.32 Å². The Morgan fingerprint density at radius 2 is 2.33 bits per heavy atom. The molecule has 0 fully saturated rings. The molecule has 0 saturated carbocycles. The van der Waals surface area contributed by atoms with E-state index in [2.05, 4.69) is 21.2 Å². The molecule has 15 heavy (non-hydrogen) atoms. The Morgan fingerprint density at radius 3 is 2.93 bits per heavy atom. The molecule has 0 saturated heterocycles. The predicted molar refractivity (Wildman–Crippen MR) is 62.8 cm³/mol. The lowest BCUT2D eigenvalue weighted by Gasteiger charge is -2.05. The number of hydrogen-bond donors (Lipinski definition) is 2. The van der Waals surface area contributed by atoms with Gasteiger partial charge in [-0.25, -0.2) is 0 Å². The van der Waals surface area contributed by atoms with E-state index in [0.717, 1.165) is 4.47 Å². The smallest absolute Gasteiger partial charge is 0.251 e. The molecule has 0 spiro atoms. The Hall–Kier alpha value is -1.07. The zero-order chi connectivity index (χ0) is 11.3. The van der Waals surface area contributed by atoms with Crippen molar-refractivity contribution in [3.05, 3.63) is 28.2 Å². The van der Waals surface area contributed by atoms with E-state index in [0.29, 0.717) is 24.4 Å². The standard InChI is InChI=1S/C10H13BrN2O2/c1-15-5-4-13-10(14)7-2-3-9(12)8(11)6-7/h2-3,6H,4-5,12H2,1H3,(H,13,14). The van der Waals surface area contributed by atoms with Crippen LogP contribution in [0, 0.1) is 0 Å². The van der Waals surface area contributed by atoms with Crippen molar-refractivity contribution in [1.29, 1.82) is 0 Å². The van der Waals surface area contributed by atoms with E-state index in [1.54, 1.807) is 25.3 Å². The first-order chi connectivity index (χ1) is 7.15. The topological polar surface area (TPSA) is 64.3 Å². The van der Waals surface area contributed by atoms with Gasteiger partial charge in [0.15, 0.2) is 0 Å². The van der Waals surface area contributed by atoms with E-state index in [-0.39, 0.29) is 5.91 Å². The summed E-state index contributed by atoms with van der Waals surface area (Å²) in [6.45, 7) is 0.999. The first-order valence-electron chi connectivity index (χ1n) is 4.47. The summed E-state index contributed by atoms with van der Waals surface area (Å²) in [7, 11) is 1.59. The average molecular weight is 273 g/mol. The van der Waals surface area contributed by atoms with Gasteiger partial charge in [0.25, 0.3) is 5.91 Å². The van der Waals surface area contributed by atoms with Crippen LogP contribution in [0.5, 0.6) is 0 Å². The molecule has 0 bridgehead atoms. The maximum Gasteiger partial charge on any atom is 0.251 e. The van der Waals surface area contributed by atoms with Crippen LogP contribution >= 0.6 is 15.9 Å². The van der Waals surface area contributed by atoms with Crippen LogP contribution in [-0.2, 0) is 4.74 Å². The summed E-state index contributed by atoms with van der Waals surface area (Å²) in [4.78, 5) is 11.6. The number of hydrogen-bond acceptors (Lipinski definition) is 3. The van der Waals surface area contributed by atoms with Crippen LogP contribution < -0.4 is 11.1 Å². The molecule has 3 N–H and O–H groups in total. The van der Waals surface area contributed by atoms with Gasteiger partial charge in [-0.3, -0.25) is 4.79 Å². The lowest BCUT2D eigenvalue weighted by molar-refractivity contribution is 0.0937. The lowest BCUT2D eigenvalue weighted by Crippen LogP contribution is -2.26. The number of carbonyl (C=O) groups is 1. The summed E-state index contributed by atoms with van der Waals surface area (Å²) in [6, 6.07) is 5.06. The molecular weight excluding hydrogens is 260 g/mol. The molecule has 0 unspecified atom stereocenters. The molecule has 1 amide bonds. The second kappa shape index (κ2) is 5.72. The minimum absolute atomic E-state index is 0.132. The van der Waals surface area contributed by atoms with Crippen LogP contribution in [0.3, 0.4) is 0 Å². The third-order valence-corrected chi connectivity index (χ3v) is 2.54. The average Bonchev–Trinajstić information content (AvgIpc) is 2.22. The third kappa shape index (κ3) is 3.53. The van der Waals surface area contributed by atoms with Gasteiger partial charge in [0.1, 0.15) is 0 Å². The fraction of sp³-hybridized carbons (Fsp3) is 0.300. The van der Waals surface area contributed by atoms with E-state index >= 15 is 0 Å². The zero-order valence-electron chi connectivity index (χ0n) is 8.42. The molecule has 0 radical (unpaired) electrons. The number of carbonyl (C=O) groups excluding carboxylic acids is 1. The number of rotatable bonds is 4. The summed E-state index contributed by atoms with van der Waals surface area (Å²) in [5, 5.41) is 2.72. The number of nitrogens with two attached hydrogens (primary N) is 1. The maximum absolute atomic E-state index is 11.6. The normalized spacial score (nSPS) is 10.0. The zero-order valence-corrected chi connectivity index (χ0v) is 10.0. The highest BCUT2D eigenvalue weighted by Crippen LogP contribution is 2.20. The van der Waals surface area contributed by atoms with Gasteiger partial charge in [0.2, 0.25) is 0 Å². The number of anilines is 1. The Kier molecular flexibility index (Phi) is 4.58. The molecule has 5 heteroatoms. The van der Waals surface area contributed by atoms with E-state index in [1.807, 2.05) is 0 Å². The number of nitrogen functional groups attached to an aromatic ring is 1. The molecule has 0 aliphatic carbocycles. The number of methoxy groups -OCH3 is 1. The van der Waals surface area contributed by atoms with Crippen molar-refractivity contribution in [3.8, 4) is 0 Å². The van der Waals surface area contributed by atoms with Gasteiger partial charge in [-0.05, 0) is 34.1 Å². The van der Waals surface area contributed by atoms with Crippen molar-refractivity contribution in [3.63, 3.8) is 0 Å². The van der Waals surface area contributed by atoms with Crippen LogP contribution in [0.4, 0.5) is 5.69 Å². The van der Waals surface area contributed by atoms with Crippen LogP contribution in [0.25, 0.3) is 0 Å². The van der Waals surface area contributed by atoms with Crippen molar-refractivity contribution >= 4 is 27.5 Å². The lowest BCUT2D eigenvalue weighted by atomic mass is 10.2. The Morgan fingerprint density at radius 1 is 1.60 bits per heavy atom. The second-order valence-corrected chi connectivity index (χ2v) is 3.84. The molecule has 0 aliphatic rings. The minimum atomic E-state index is -0.132. The molecule has 0 aliphatic heterocycles. The first kappa shape index (κ1) is 12.0. The van der Waals surface area contributed by atoms with E-state index in [9.17, 15) is 4.79 Å². The molecule has 82 valence electrons. The summed E-state index contributed by atoms with van der Waals surface area (Å²) in [5.41, 5.74) is 6.80. The van der Waals surface area contributed by atoms with Crippen LogP contribution in [0.1, 0.15) is 10.4 Å². The van der Waals surface area contributed by atoms with Crippen LogP contribution in [0.15, 0.2) is 22.7 Å². The number of benzene rings is 1. The Labute approximate surface area is 96.9 Å². The van der Waals surface area contributed by atoms with Crippen LogP contribution in [0.2, 0.25) is 0 Å². The molecule has 1 aromatic carbocycles. The van der Waals surface area contributed by atoms with Gasteiger partial charge in [-0.15, -0.1) is 0 Å². The SMILES string of the molecule is COCCNC(=O)c1ccc(N)c(Br)c1. The van der Waals surface area contributed by atoms with Crippen molar-refractivity contribution < 1.29 is 9.53 Å². The van der Waals surface area contributed by atoms with Gasteiger partial charge in [0, 0.05) is 29.4 Å². The maximum atomic E-state index is 11.6. The summed E-state index contributed by atoms with van der Waals surface area (Å²) in [5.74, 6) is -0.132. The number of ether oxygens (including phenoxy) is 1. The summed E-state index contributed by atoms with van der Waals surface area (Å²) in [6.07, 6.45) is 0. The Bertz CT molecular complexity index is 355. The molecule has 1 rings (SSSR count). The fourth-order valence-electron chi connectivity index (χ4n) is 1.04. The monoisotopic (exact) mass is 272 g/mol. The summed E-state index contributed by atoms with van der Waals surface area (Å²) < 4.78 is 5.55. The molecular formula is C10H13BrN2O2. The van der Waals surface area contributed by atoms with Gasteiger partial charge < -0.3 is 15.8 Å². The van der Waals surface area contributed by atoms with Crippen molar-refractivity contribution in [2.45, 2.75) is 0 Å². The second-order valence-electron chi connectivity index (χ2n) is 2.98. The number of nitrogens with one attached hydrogen (secondary N) is 1. The van der Waals surface area contributed by atoms with E-state index in [1.165, 1.54) is 0 Å². The summed E-state index contributed by atoms with van der Waals surface area (Å²) >= 11 is 3.27.